The first kappa shape index (κ1) is 10.1. The Balaban J connectivity index is 1.77. The lowest BCUT2D eigenvalue weighted by molar-refractivity contribution is -0.0362. The van der Waals surface area contributed by atoms with Crippen LogP contribution in [0.15, 0.2) is 24.4 Å². The van der Waals surface area contributed by atoms with Gasteiger partial charge in [0.1, 0.15) is 5.82 Å². The Kier molecular flexibility index (Phi) is 2.53. The minimum atomic E-state index is 0.348. The van der Waals surface area contributed by atoms with E-state index >= 15 is 0 Å². The predicted molar refractivity (Wildman–Crippen MR) is 62.6 cm³/mol. The van der Waals surface area contributed by atoms with Crippen LogP contribution in [0, 0.1) is 0 Å². The maximum absolute atomic E-state index is 5.81. The van der Waals surface area contributed by atoms with Crippen LogP contribution < -0.4 is 4.90 Å². The molecule has 0 spiro atoms. The van der Waals surface area contributed by atoms with Crippen LogP contribution in [-0.4, -0.2) is 55.3 Å². The fourth-order valence-electron chi connectivity index (χ4n) is 2.59. The van der Waals surface area contributed by atoms with Crippen LogP contribution in [0.1, 0.15) is 0 Å². The second-order valence-electron chi connectivity index (χ2n) is 4.55. The summed E-state index contributed by atoms with van der Waals surface area (Å²) >= 11 is 0. The lowest BCUT2D eigenvalue weighted by atomic mass is 10.1. The number of aromatic nitrogens is 1. The molecule has 2 atom stereocenters. The van der Waals surface area contributed by atoms with Gasteiger partial charge in [-0.3, -0.25) is 4.90 Å². The van der Waals surface area contributed by atoms with Gasteiger partial charge in [0.2, 0.25) is 0 Å². The van der Waals surface area contributed by atoms with E-state index in [9.17, 15) is 0 Å². The Hall–Kier alpha value is -1.13. The highest BCUT2D eigenvalue weighted by Gasteiger charge is 2.38. The first-order valence-corrected chi connectivity index (χ1v) is 5.82. The average molecular weight is 219 g/mol. The molecule has 1 aromatic heterocycles. The van der Waals surface area contributed by atoms with Crippen LogP contribution in [0.25, 0.3) is 0 Å². The number of hydrogen-bond donors (Lipinski definition) is 0. The maximum atomic E-state index is 5.81. The third kappa shape index (κ3) is 1.68. The third-order valence-electron chi connectivity index (χ3n) is 3.55. The van der Waals surface area contributed by atoms with Gasteiger partial charge in [-0.1, -0.05) is 6.07 Å². The SMILES string of the molecule is CN1CCOC2CN(c3ccccn3)CC21. The van der Waals surface area contributed by atoms with Crippen molar-refractivity contribution in [2.24, 2.45) is 0 Å². The maximum Gasteiger partial charge on any atom is 0.128 e. The molecular weight excluding hydrogens is 202 g/mol. The van der Waals surface area contributed by atoms with Crippen molar-refractivity contribution in [3.8, 4) is 0 Å². The number of pyridine rings is 1. The fourth-order valence-corrected chi connectivity index (χ4v) is 2.59. The summed E-state index contributed by atoms with van der Waals surface area (Å²) in [7, 11) is 2.18. The molecule has 0 aromatic carbocycles. The number of morpholine rings is 1. The largest absolute Gasteiger partial charge is 0.373 e. The van der Waals surface area contributed by atoms with Crippen molar-refractivity contribution in [3.05, 3.63) is 24.4 Å². The average Bonchev–Trinajstić information content (AvgIpc) is 2.76. The van der Waals surface area contributed by atoms with Crippen molar-refractivity contribution >= 4 is 5.82 Å². The predicted octanol–water partition coefficient (Wildman–Crippen LogP) is 0.601. The van der Waals surface area contributed by atoms with Gasteiger partial charge in [-0.05, 0) is 19.2 Å². The number of ether oxygens (including phenoxy) is 1. The normalized spacial score (nSPS) is 30.4. The molecule has 2 saturated heterocycles. The van der Waals surface area contributed by atoms with Gasteiger partial charge in [0.05, 0.1) is 18.8 Å². The van der Waals surface area contributed by atoms with E-state index in [2.05, 4.69) is 27.9 Å². The van der Waals surface area contributed by atoms with E-state index in [4.69, 9.17) is 4.74 Å². The Morgan fingerprint density at radius 3 is 3.06 bits per heavy atom. The van der Waals surface area contributed by atoms with E-state index in [0.29, 0.717) is 12.1 Å². The van der Waals surface area contributed by atoms with Crippen LogP contribution in [0.3, 0.4) is 0 Å². The van der Waals surface area contributed by atoms with E-state index in [1.807, 2.05) is 18.3 Å². The smallest absolute Gasteiger partial charge is 0.128 e. The molecule has 0 amide bonds. The summed E-state index contributed by atoms with van der Waals surface area (Å²) in [5.41, 5.74) is 0. The zero-order valence-electron chi connectivity index (χ0n) is 9.54. The highest BCUT2D eigenvalue weighted by atomic mass is 16.5. The number of hydrogen-bond acceptors (Lipinski definition) is 4. The van der Waals surface area contributed by atoms with Gasteiger partial charge in [-0.2, -0.15) is 0 Å². The minimum absolute atomic E-state index is 0.348. The molecule has 2 aliphatic heterocycles. The van der Waals surface area contributed by atoms with Crippen molar-refractivity contribution in [3.63, 3.8) is 0 Å². The summed E-state index contributed by atoms with van der Waals surface area (Å²) in [4.78, 5) is 9.11. The van der Waals surface area contributed by atoms with Gasteiger partial charge in [0.25, 0.3) is 0 Å². The molecule has 4 heteroatoms. The van der Waals surface area contributed by atoms with Crippen molar-refractivity contribution in [1.82, 2.24) is 9.88 Å². The zero-order valence-corrected chi connectivity index (χ0v) is 9.54. The second kappa shape index (κ2) is 4.03. The van der Waals surface area contributed by atoms with Crippen molar-refractivity contribution in [1.29, 1.82) is 0 Å². The van der Waals surface area contributed by atoms with Crippen LogP contribution in [0.2, 0.25) is 0 Å². The van der Waals surface area contributed by atoms with Gasteiger partial charge in [-0.15, -0.1) is 0 Å². The molecular formula is C12H17N3O. The van der Waals surface area contributed by atoms with Crippen LogP contribution in [0.4, 0.5) is 5.82 Å². The molecule has 0 saturated carbocycles. The summed E-state index contributed by atoms with van der Waals surface area (Å²) in [6.07, 6.45) is 2.20. The number of likely N-dealkylation sites (N-methyl/N-ethyl adjacent to an activating group) is 1. The van der Waals surface area contributed by atoms with E-state index in [-0.39, 0.29) is 0 Å². The molecule has 3 rings (SSSR count). The number of nitrogens with zero attached hydrogens (tertiary/aromatic N) is 3. The number of rotatable bonds is 1. The molecule has 2 aliphatic rings. The molecule has 86 valence electrons. The van der Waals surface area contributed by atoms with E-state index in [0.717, 1.165) is 32.1 Å². The summed E-state index contributed by atoms with van der Waals surface area (Å²) in [6, 6.07) is 6.58. The quantitative estimate of drug-likeness (QED) is 0.691. The number of fused-ring (bicyclic) bond motifs is 1. The lowest BCUT2D eigenvalue weighted by Gasteiger charge is -2.33. The topological polar surface area (TPSA) is 28.6 Å². The number of anilines is 1. The molecule has 2 unspecified atom stereocenters. The first-order chi connectivity index (χ1) is 7.84. The minimum Gasteiger partial charge on any atom is -0.373 e. The van der Waals surface area contributed by atoms with Crippen molar-refractivity contribution in [2.75, 3.05) is 38.2 Å². The molecule has 4 nitrogen and oxygen atoms in total. The lowest BCUT2D eigenvalue weighted by Crippen LogP contribution is -2.48. The monoisotopic (exact) mass is 219 g/mol. The first-order valence-electron chi connectivity index (χ1n) is 5.82. The van der Waals surface area contributed by atoms with Gasteiger partial charge in [-0.25, -0.2) is 4.98 Å². The Morgan fingerprint density at radius 1 is 1.38 bits per heavy atom. The molecule has 0 aliphatic carbocycles. The molecule has 2 fully saturated rings. The highest BCUT2D eigenvalue weighted by molar-refractivity contribution is 5.40. The van der Waals surface area contributed by atoms with Crippen LogP contribution in [0.5, 0.6) is 0 Å². The van der Waals surface area contributed by atoms with Gasteiger partial charge in [0.15, 0.2) is 0 Å². The fraction of sp³-hybridized carbons (Fsp3) is 0.583. The van der Waals surface area contributed by atoms with Gasteiger partial charge in [0, 0.05) is 25.8 Å². The Labute approximate surface area is 95.8 Å². The van der Waals surface area contributed by atoms with E-state index in [1.165, 1.54) is 0 Å². The van der Waals surface area contributed by atoms with Crippen molar-refractivity contribution in [2.45, 2.75) is 12.1 Å². The van der Waals surface area contributed by atoms with E-state index < -0.39 is 0 Å². The van der Waals surface area contributed by atoms with Crippen LogP contribution in [-0.2, 0) is 4.74 Å². The molecule has 0 bridgehead atoms. The summed E-state index contributed by atoms with van der Waals surface area (Å²) in [6.45, 7) is 3.88. The Bertz CT molecular complexity index is 357. The second-order valence-corrected chi connectivity index (χ2v) is 4.55. The van der Waals surface area contributed by atoms with Gasteiger partial charge < -0.3 is 9.64 Å². The van der Waals surface area contributed by atoms with Gasteiger partial charge >= 0.3 is 0 Å². The third-order valence-corrected chi connectivity index (χ3v) is 3.55. The summed E-state index contributed by atoms with van der Waals surface area (Å²) in [5, 5.41) is 0. The summed E-state index contributed by atoms with van der Waals surface area (Å²) < 4.78 is 5.81. The molecule has 3 heterocycles. The molecule has 0 N–H and O–H groups in total. The van der Waals surface area contributed by atoms with E-state index in [1.54, 1.807) is 0 Å². The molecule has 1 aromatic rings. The molecule has 16 heavy (non-hydrogen) atoms. The molecule has 0 radical (unpaired) electrons. The zero-order chi connectivity index (χ0) is 11.0. The van der Waals surface area contributed by atoms with Crippen LogP contribution >= 0.6 is 0 Å². The van der Waals surface area contributed by atoms with Crippen molar-refractivity contribution < 1.29 is 4.74 Å². The highest BCUT2D eigenvalue weighted by Crippen LogP contribution is 2.24. The summed E-state index contributed by atoms with van der Waals surface area (Å²) in [5.74, 6) is 1.06. The Morgan fingerprint density at radius 2 is 2.31 bits per heavy atom. The standard InChI is InChI=1S/C12H17N3O/c1-14-6-7-16-11-9-15(8-10(11)14)12-4-2-3-5-13-12/h2-5,10-11H,6-9H2,1H3.